The number of anilines is 1. The van der Waals surface area contributed by atoms with Gasteiger partial charge < -0.3 is 10.0 Å². The van der Waals surface area contributed by atoms with Crippen LogP contribution in [0.5, 0.6) is 0 Å². The third-order valence-corrected chi connectivity index (χ3v) is 6.34. The van der Waals surface area contributed by atoms with Crippen molar-refractivity contribution in [1.29, 1.82) is 0 Å². The van der Waals surface area contributed by atoms with Gasteiger partial charge in [0.1, 0.15) is 0 Å². The first-order valence-corrected chi connectivity index (χ1v) is 10.4. The van der Waals surface area contributed by atoms with Gasteiger partial charge in [0, 0.05) is 25.2 Å². The van der Waals surface area contributed by atoms with E-state index in [0.717, 1.165) is 16.8 Å². The summed E-state index contributed by atoms with van der Waals surface area (Å²) in [5, 5.41) is 10.3. The van der Waals surface area contributed by atoms with Crippen molar-refractivity contribution in [2.75, 3.05) is 11.4 Å². The molecule has 0 aliphatic carbocycles. The van der Waals surface area contributed by atoms with Crippen LogP contribution in [0.15, 0.2) is 53.4 Å². The molecule has 2 aromatic rings. The Morgan fingerprint density at radius 1 is 1.22 bits per heavy atom. The highest BCUT2D eigenvalue weighted by molar-refractivity contribution is 7.89. The van der Waals surface area contributed by atoms with E-state index in [1.807, 2.05) is 30.3 Å². The molecule has 1 aliphatic heterocycles. The number of sulfonamides is 1. The number of nitrogens with zero attached hydrogens (tertiary/aromatic N) is 1. The van der Waals surface area contributed by atoms with Crippen LogP contribution in [0.3, 0.4) is 0 Å². The van der Waals surface area contributed by atoms with Gasteiger partial charge in [-0.25, -0.2) is 13.1 Å². The van der Waals surface area contributed by atoms with Gasteiger partial charge in [0.05, 0.1) is 11.0 Å². The third kappa shape index (κ3) is 4.37. The van der Waals surface area contributed by atoms with Crippen molar-refractivity contribution < 1.29 is 18.3 Å². The molecule has 2 atom stereocenters. The van der Waals surface area contributed by atoms with E-state index in [1.54, 1.807) is 24.0 Å². The predicted octanol–water partition coefficient (Wildman–Crippen LogP) is 2.39. The first kappa shape index (κ1) is 19.5. The quantitative estimate of drug-likeness (QED) is 0.796. The number of hydrogen-bond acceptors (Lipinski definition) is 4. The topological polar surface area (TPSA) is 86.7 Å². The molecule has 0 bridgehead atoms. The van der Waals surface area contributed by atoms with E-state index in [4.69, 9.17) is 0 Å². The first-order valence-electron chi connectivity index (χ1n) is 8.94. The van der Waals surface area contributed by atoms with Gasteiger partial charge in [0.15, 0.2) is 0 Å². The molecule has 0 saturated heterocycles. The molecule has 144 valence electrons. The molecule has 0 fully saturated rings. The normalized spacial score (nSPS) is 16.0. The van der Waals surface area contributed by atoms with Crippen molar-refractivity contribution in [1.82, 2.24) is 4.72 Å². The minimum atomic E-state index is -3.71. The van der Waals surface area contributed by atoms with Gasteiger partial charge in [-0.3, -0.25) is 4.79 Å². The van der Waals surface area contributed by atoms with Crippen LogP contribution in [0.4, 0.5) is 5.69 Å². The largest absolute Gasteiger partial charge is 0.388 e. The fourth-order valence-electron chi connectivity index (χ4n) is 3.40. The Bertz CT molecular complexity index is 928. The van der Waals surface area contributed by atoms with Crippen molar-refractivity contribution in [3.05, 3.63) is 59.7 Å². The number of aliphatic hydroxyl groups is 1. The summed E-state index contributed by atoms with van der Waals surface area (Å²) in [6, 6.07) is 13.5. The highest BCUT2D eigenvalue weighted by Gasteiger charge is 2.26. The third-order valence-electron chi connectivity index (χ3n) is 4.75. The van der Waals surface area contributed by atoms with E-state index in [9.17, 15) is 18.3 Å². The van der Waals surface area contributed by atoms with Crippen LogP contribution >= 0.6 is 0 Å². The van der Waals surface area contributed by atoms with Gasteiger partial charge in [-0.05, 0) is 49.1 Å². The smallest absolute Gasteiger partial charge is 0.240 e. The van der Waals surface area contributed by atoms with Gasteiger partial charge in [-0.15, -0.1) is 0 Å². The van der Waals surface area contributed by atoms with Crippen molar-refractivity contribution in [2.24, 2.45) is 0 Å². The van der Waals surface area contributed by atoms with E-state index in [-0.39, 0.29) is 17.2 Å². The molecule has 1 amide bonds. The summed E-state index contributed by atoms with van der Waals surface area (Å²) < 4.78 is 28.0. The second-order valence-electron chi connectivity index (χ2n) is 6.90. The van der Waals surface area contributed by atoms with Gasteiger partial charge >= 0.3 is 0 Å². The zero-order valence-electron chi connectivity index (χ0n) is 15.4. The van der Waals surface area contributed by atoms with Gasteiger partial charge in [-0.1, -0.05) is 30.3 Å². The number of aliphatic hydroxyl groups excluding tert-OH is 1. The highest BCUT2D eigenvalue weighted by atomic mass is 32.2. The molecule has 7 heteroatoms. The number of benzene rings is 2. The molecule has 27 heavy (non-hydrogen) atoms. The van der Waals surface area contributed by atoms with Crippen molar-refractivity contribution in [3.63, 3.8) is 0 Å². The summed E-state index contributed by atoms with van der Waals surface area (Å²) in [6.07, 6.45) is 0.167. The second-order valence-corrected chi connectivity index (χ2v) is 8.61. The molecule has 1 aliphatic rings. The van der Waals surface area contributed by atoms with E-state index >= 15 is 0 Å². The lowest BCUT2D eigenvalue weighted by Gasteiger charge is -2.19. The van der Waals surface area contributed by atoms with Crippen LogP contribution < -0.4 is 9.62 Å². The van der Waals surface area contributed by atoms with Crippen LogP contribution in [0.25, 0.3) is 0 Å². The molecule has 1 heterocycles. The zero-order chi connectivity index (χ0) is 19.6. The number of amides is 1. The Morgan fingerprint density at radius 3 is 2.59 bits per heavy atom. The lowest BCUT2D eigenvalue weighted by atomic mass is 10.0. The Kier molecular flexibility index (Phi) is 5.64. The molecule has 0 radical (unpaired) electrons. The van der Waals surface area contributed by atoms with Crippen LogP contribution in [0, 0.1) is 0 Å². The SMILES string of the molecule is CC(=O)N1CCc2cc(S(=O)(=O)N[C@H](C)C[C@@H](O)c3ccccc3)ccc21. The van der Waals surface area contributed by atoms with Crippen LogP contribution in [-0.4, -0.2) is 32.0 Å². The maximum absolute atomic E-state index is 12.7. The Morgan fingerprint density at radius 2 is 1.93 bits per heavy atom. The molecular formula is C20H24N2O4S. The van der Waals surface area contributed by atoms with Gasteiger partial charge in [0.25, 0.3) is 0 Å². The molecule has 6 nitrogen and oxygen atoms in total. The predicted molar refractivity (Wildman–Crippen MR) is 104 cm³/mol. The Hall–Kier alpha value is -2.22. The molecule has 0 spiro atoms. The first-order chi connectivity index (χ1) is 12.8. The summed E-state index contributed by atoms with van der Waals surface area (Å²) in [4.78, 5) is 13.5. The maximum atomic E-state index is 12.7. The Balaban J connectivity index is 1.71. The zero-order valence-corrected chi connectivity index (χ0v) is 16.2. The lowest BCUT2D eigenvalue weighted by Crippen LogP contribution is -2.33. The number of fused-ring (bicyclic) bond motifs is 1. The number of carbonyl (C=O) groups is 1. The monoisotopic (exact) mass is 388 g/mol. The fraction of sp³-hybridized carbons (Fsp3) is 0.350. The maximum Gasteiger partial charge on any atom is 0.240 e. The second kappa shape index (κ2) is 7.80. The van der Waals surface area contributed by atoms with Crippen molar-refractivity contribution >= 4 is 21.6 Å². The van der Waals surface area contributed by atoms with Gasteiger partial charge in [0.2, 0.25) is 15.9 Å². The number of carbonyl (C=O) groups excluding carboxylic acids is 1. The van der Waals surface area contributed by atoms with E-state index in [0.29, 0.717) is 13.0 Å². The number of nitrogens with one attached hydrogen (secondary N) is 1. The van der Waals surface area contributed by atoms with Crippen molar-refractivity contribution in [2.45, 2.75) is 43.7 Å². The van der Waals surface area contributed by atoms with Gasteiger partial charge in [-0.2, -0.15) is 0 Å². The minimum Gasteiger partial charge on any atom is -0.388 e. The molecule has 0 saturated carbocycles. The highest BCUT2D eigenvalue weighted by Crippen LogP contribution is 2.30. The summed E-state index contributed by atoms with van der Waals surface area (Å²) in [5.74, 6) is -0.0500. The minimum absolute atomic E-state index is 0.0500. The summed E-state index contributed by atoms with van der Waals surface area (Å²) in [7, 11) is -3.71. The van der Waals surface area contributed by atoms with Crippen LogP contribution in [0.2, 0.25) is 0 Å². The molecule has 2 aromatic carbocycles. The molecule has 2 N–H and O–H groups in total. The van der Waals surface area contributed by atoms with E-state index in [1.165, 1.54) is 13.0 Å². The standard InChI is InChI=1S/C20H24N2O4S/c1-14(12-20(24)16-6-4-3-5-7-16)21-27(25,26)18-8-9-19-17(13-18)10-11-22(19)15(2)23/h3-9,13-14,20-21,24H,10-12H2,1-2H3/t14-,20-/m1/s1. The van der Waals surface area contributed by atoms with Crippen LogP contribution in [-0.2, 0) is 21.2 Å². The Labute approximate surface area is 159 Å². The summed E-state index contributed by atoms with van der Waals surface area (Å²) in [6.45, 7) is 3.80. The molecule has 0 aromatic heterocycles. The lowest BCUT2D eigenvalue weighted by molar-refractivity contribution is -0.116. The number of hydrogen-bond donors (Lipinski definition) is 2. The van der Waals surface area contributed by atoms with Crippen LogP contribution in [0.1, 0.15) is 37.5 Å². The summed E-state index contributed by atoms with van der Waals surface area (Å²) >= 11 is 0. The molecule has 0 unspecified atom stereocenters. The van der Waals surface area contributed by atoms with E-state index in [2.05, 4.69) is 4.72 Å². The molecule has 3 rings (SSSR count). The molecular weight excluding hydrogens is 364 g/mol. The number of rotatable bonds is 6. The van der Waals surface area contributed by atoms with E-state index < -0.39 is 22.2 Å². The summed E-state index contributed by atoms with van der Waals surface area (Å²) in [5.41, 5.74) is 2.38. The van der Waals surface area contributed by atoms with Crippen molar-refractivity contribution in [3.8, 4) is 0 Å². The fourth-order valence-corrected chi connectivity index (χ4v) is 4.71. The average Bonchev–Trinajstić information content (AvgIpc) is 3.05. The average molecular weight is 388 g/mol.